The summed E-state index contributed by atoms with van der Waals surface area (Å²) in [5.74, 6) is -0.981. The number of benzene rings is 2. The predicted octanol–water partition coefficient (Wildman–Crippen LogP) is 3.09. The molecular formula is C19H15BrN2O4. The molecule has 26 heavy (non-hydrogen) atoms. The highest BCUT2D eigenvalue weighted by molar-refractivity contribution is 9.10. The quantitative estimate of drug-likeness (QED) is 0.594. The van der Waals surface area contributed by atoms with Crippen LogP contribution in [0.25, 0.3) is 6.08 Å². The molecule has 0 aromatic heterocycles. The van der Waals surface area contributed by atoms with Crippen LogP contribution in [0.5, 0.6) is 5.75 Å². The molecule has 3 rings (SSSR count). The lowest BCUT2D eigenvalue weighted by molar-refractivity contribution is -0.123. The van der Waals surface area contributed by atoms with Crippen molar-refractivity contribution < 1.29 is 19.1 Å². The maximum Gasteiger partial charge on any atom is 0.328 e. The summed E-state index contributed by atoms with van der Waals surface area (Å²) in [4.78, 5) is 35.0. The summed E-state index contributed by atoms with van der Waals surface area (Å²) >= 11 is 3.36. The Morgan fingerprint density at radius 1 is 1.00 bits per heavy atom. The molecule has 7 heteroatoms. The fourth-order valence-electron chi connectivity index (χ4n) is 2.37. The molecule has 1 saturated heterocycles. The number of hydrogen-bond donors (Lipinski definition) is 2. The standard InChI is InChI=1S/C19H15BrN2O4/c1-11-2-4-12(5-3-11)10-26-16-7-6-14(20)8-13(16)9-15-17(23)21-19(25)22-18(15)24/h2-9H,10H2,1H3,(H2,21,22,23,24,25). The first-order valence-corrected chi connectivity index (χ1v) is 8.58. The number of imide groups is 2. The van der Waals surface area contributed by atoms with Gasteiger partial charge < -0.3 is 4.74 Å². The Labute approximate surface area is 158 Å². The summed E-state index contributed by atoms with van der Waals surface area (Å²) in [5, 5.41) is 4.09. The molecule has 2 aromatic rings. The molecular weight excluding hydrogens is 400 g/mol. The van der Waals surface area contributed by atoms with Gasteiger partial charge in [-0.15, -0.1) is 0 Å². The lowest BCUT2D eigenvalue weighted by Gasteiger charge is -2.15. The monoisotopic (exact) mass is 414 g/mol. The molecule has 6 nitrogen and oxygen atoms in total. The molecule has 1 fully saturated rings. The van der Waals surface area contributed by atoms with Gasteiger partial charge in [-0.05, 0) is 36.8 Å². The smallest absolute Gasteiger partial charge is 0.328 e. The zero-order chi connectivity index (χ0) is 18.7. The Morgan fingerprint density at radius 2 is 1.65 bits per heavy atom. The third kappa shape index (κ3) is 4.18. The van der Waals surface area contributed by atoms with E-state index >= 15 is 0 Å². The lowest BCUT2D eigenvalue weighted by Crippen LogP contribution is -2.51. The number of nitrogens with one attached hydrogen (secondary N) is 2. The van der Waals surface area contributed by atoms with Gasteiger partial charge in [0.15, 0.2) is 0 Å². The third-order valence-electron chi connectivity index (χ3n) is 3.73. The molecule has 1 aliphatic heterocycles. The number of carbonyl (C=O) groups is 3. The minimum atomic E-state index is -0.831. The van der Waals surface area contributed by atoms with E-state index in [0.29, 0.717) is 17.9 Å². The number of amides is 4. The SMILES string of the molecule is Cc1ccc(COc2ccc(Br)cc2C=C2C(=O)NC(=O)NC2=O)cc1. The van der Waals surface area contributed by atoms with Crippen LogP contribution in [0, 0.1) is 6.92 Å². The van der Waals surface area contributed by atoms with Crippen LogP contribution in [-0.4, -0.2) is 17.8 Å². The van der Waals surface area contributed by atoms with Crippen molar-refractivity contribution in [3.63, 3.8) is 0 Å². The zero-order valence-electron chi connectivity index (χ0n) is 13.8. The van der Waals surface area contributed by atoms with Crippen molar-refractivity contribution in [2.75, 3.05) is 0 Å². The molecule has 0 unspecified atom stereocenters. The summed E-state index contributed by atoms with van der Waals surface area (Å²) in [6.45, 7) is 2.35. The minimum Gasteiger partial charge on any atom is -0.488 e. The number of urea groups is 1. The van der Waals surface area contributed by atoms with Crippen molar-refractivity contribution >= 4 is 39.9 Å². The highest BCUT2D eigenvalue weighted by Crippen LogP contribution is 2.27. The zero-order valence-corrected chi connectivity index (χ0v) is 15.4. The highest BCUT2D eigenvalue weighted by Gasteiger charge is 2.28. The van der Waals surface area contributed by atoms with Gasteiger partial charge in [0.05, 0.1) is 0 Å². The van der Waals surface area contributed by atoms with Gasteiger partial charge in [0.25, 0.3) is 11.8 Å². The van der Waals surface area contributed by atoms with E-state index in [1.165, 1.54) is 6.08 Å². The van der Waals surface area contributed by atoms with Gasteiger partial charge in [0.1, 0.15) is 17.9 Å². The van der Waals surface area contributed by atoms with Gasteiger partial charge in [-0.2, -0.15) is 0 Å². The summed E-state index contributed by atoms with van der Waals surface area (Å²) in [7, 11) is 0. The van der Waals surface area contributed by atoms with E-state index in [1.54, 1.807) is 18.2 Å². The number of rotatable bonds is 4. The van der Waals surface area contributed by atoms with Gasteiger partial charge in [0.2, 0.25) is 0 Å². The van der Waals surface area contributed by atoms with Crippen molar-refractivity contribution in [2.45, 2.75) is 13.5 Å². The maximum absolute atomic E-state index is 11.9. The van der Waals surface area contributed by atoms with Crippen LogP contribution >= 0.6 is 15.9 Å². The summed E-state index contributed by atoms with van der Waals surface area (Å²) in [5.41, 5.74) is 2.53. The van der Waals surface area contributed by atoms with E-state index < -0.39 is 17.8 Å². The van der Waals surface area contributed by atoms with Crippen LogP contribution in [-0.2, 0) is 16.2 Å². The Bertz CT molecular complexity index is 898. The average Bonchev–Trinajstić information content (AvgIpc) is 2.58. The Balaban J connectivity index is 1.87. The van der Waals surface area contributed by atoms with Crippen LogP contribution in [0.2, 0.25) is 0 Å². The van der Waals surface area contributed by atoms with E-state index in [0.717, 1.165) is 15.6 Å². The molecule has 0 radical (unpaired) electrons. The highest BCUT2D eigenvalue weighted by atomic mass is 79.9. The fourth-order valence-corrected chi connectivity index (χ4v) is 2.75. The Kier molecular flexibility index (Phi) is 5.18. The summed E-state index contributed by atoms with van der Waals surface area (Å²) in [6, 6.07) is 12.4. The van der Waals surface area contributed by atoms with E-state index in [4.69, 9.17) is 4.74 Å². The number of halogens is 1. The van der Waals surface area contributed by atoms with Crippen molar-refractivity contribution in [2.24, 2.45) is 0 Å². The lowest BCUT2D eigenvalue weighted by atomic mass is 10.1. The number of barbiturate groups is 1. The Hall–Kier alpha value is -2.93. The van der Waals surface area contributed by atoms with Crippen molar-refractivity contribution in [1.29, 1.82) is 0 Å². The van der Waals surface area contributed by atoms with Gasteiger partial charge in [0, 0.05) is 10.0 Å². The van der Waals surface area contributed by atoms with Crippen molar-refractivity contribution in [3.8, 4) is 5.75 Å². The second-order valence-corrected chi connectivity index (χ2v) is 6.67. The average molecular weight is 415 g/mol. The number of aryl methyl sites for hydroxylation is 1. The van der Waals surface area contributed by atoms with Gasteiger partial charge >= 0.3 is 6.03 Å². The first kappa shape index (κ1) is 17.9. The molecule has 0 saturated carbocycles. The Morgan fingerprint density at radius 3 is 2.31 bits per heavy atom. The molecule has 1 heterocycles. The molecule has 0 aliphatic carbocycles. The minimum absolute atomic E-state index is 0.164. The van der Waals surface area contributed by atoms with E-state index in [9.17, 15) is 14.4 Å². The molecule has 0 atom stereocenters. The van der Waals surface area contributed by atoms with Crippen LogP contribution in [0.15, 0.2) is 52.5 Å². The molecule has 0 spiro atoms. The predicted molar refractivity (Wildman–Crippen MR) is 99.3 cm³/mol. The van der Waals surface area contributed by atoms with E-state index in [2.05, 4.69) is 15.9 Å². The van der Waals surface area contributed by atoms with Gasteiger partial charge in [-0.25, -0.2) is 4.79 Å². The van der Waals surface area contributed by atoms with Crippen LogP contribution in [0.3, 0.4) is 0 Å². The number of ether oxygens (including phenoxy) is 1. The van der Waals surface area contributed by atoms with Crippen LogP contribution in [0.1, 0.15) is 16.7 Å². The molecule has 0 bridgehead atoms. The largest absolute Gasteiger partial charge is 0.488 e. The molecule has 2 N–H and O–H groups in total. The fraction of sp³-hybridized carbons (Fsp3) is 0.105. The molecule has 4 amide bonds. The van der Waals surface area contributed by atoms with Crippen LogP contribution < -0.4 is 15.4 Å². The van der Waals surface area contributed by atoms with Crippen molar-refractivity contribution in [1.82, 2.24) is 10.6 Å². The number of hydrogen-bond acceptors (Lipinski definition) is 4. The van der Waals surface area contributed by atoms with Gasteiger partial charge in [-0.1, -0.05) is 45.8 Å². The first-order valence-electron chi connectivity index (χ1n) is 7.78. The normalized spacial score (nSPS) is 13.9. The maximum atomic E-state index is 11.9. The van der Waals surface area contributed by atoms with E-state index in [-0.39, 0.29) is 5.57 Å². The molecule has 2 aromatic carbocycles. The van der Waals surface area contributed by atoms with Gasteiger partial charge in [-0.3, -0.25) is 20.2 Å². The molecule has 132 valence electrons. The molecule has 1 aliphatic rings. The summed E-state index contributed by atoms with van der Waals surface area (Å²) in [6.07, 6.45) is 1.40. The first-order chi connectivity index (χ1) is 12.4. The number of carbonyl (C=O) groups excluding carboxylic acids is 3. The third-order valence-corrected chi connectivity index (χ3v) is 4.22. The second kappa shape index (κ2) is 7.53. The second-order valence-electron chi connectivity index (χ2n) is 5.75. The van der Waals surface area contributed by atoms with Crippen molar-refractivity contribution in [3.05, 3.63) is 69.2 Å². The summed E-state index contributed by atoms with van der Waals surface area (Å²) < 4.78 is 6.62. The van der Waals surface area contributed by atoms with E-state index in [1.807, 2.05) is 41.8 Å². The topological polar surface area (TPSA) is 84.5 Å². The van der Waals surface area contributed by atoms with Crippen LogP contribution in [0.4, 0.5) is 4.79 Å².